The molecular weight excluding hydrogens is 248 g/mol. The van der Waals surface area contributed by atoms with Crippen molar-refractivity contribution in [1.29, 1.82) is 0 Å². The summed E-state index contributed by atoms with van der Waals surface area (Å²) in [4.78, 5) is 12.1. The lowest BCUT2D eigenvalue weighted by atomic mass is 9.77. The fraction of sp³-hybridized carbons (Fsp3) is 0.944. The van der Waals surface area contributed by atoms with Crippen molar-refractivity contribution in [1.82, 2.24) is 0 Å². The van der Waals surface area contributed by atoms with Gasteiger partial charge in [0, 0.05) is 0 Å². The number of rotatable bonds is 13. The maximum absolute atomic E-state index is 12.1. The second kappa shape index (κ2) is 12.2. The third-order valence-corrected chi connectivity index (χ3v) is 4.57. The lowest BCUT2D eigenvalue weighted by Gasteiger charge is -2.29. The van der Waals surface area contributed by atoms with Crippen LogP contribution in [0.5, 0.6) is 0 Å². The minimum Gasteiger partial charge on any atom is -0.466 e. The predicted molar refractivity (Wildman–Crippen MR) is 86.9 cm³/mol. The smallest absolute Gasteiger partial charge is 0.312 e. The number of unbranched alkanes of at least 4 members (excludes halogenated alkanes) is 7. The molecule has 0 radical (unpaired) electrons. The van der Waals surface area contributed by atoms with Crippen molar-refractivity contribution in [2.24, 2.45) is 5.41 Å². The zero-order valence-electron chi connectivity index (χ0n) is 14.3. The van der Waals surface area contributed by atoms with Crippen molar-refractivity contribution in [3.8, 4) is 0 Å². The highest BCUT2D eigenvalue weighted by Gasteiger charge is 2.35. The second-order valence-corrected chi connectivity index (χ2v) is 5.93. The maximum atomic E-state index is 12.1. The first-order chi connectivity index (χ1) is 9.66. The molecule has 0 bridgehead atoms. The van der Waals surface area contributed by atoms with E-state index >= 15 is 0 Å². The first-order valence-electron chi connectivity index (χ1n) is 8.84. The summed E-state index contributed by atoms with van der Waals surface area (Å²) in [5.41, 5.74) is -0.224. The molecular formula is C18H36O2. The Morgan fingerprint density at radius 3 is 1.75 bits per heavy atom. The van der Waals surface area contributed by atoms with E-state index in [0.717, 1.165) is 25.7 Å². The third kappa shape index (κ3) is 7.31. The van der Waals surface area contributed by atoms with E-state index in [4.69, 9.17) is 4.74 Å². The van der Waals surface area contributed by atoms with Crippen molar-refractivity contribution in [3.63, 3.8) is 0 Å². The second-order valence-electron chi connectivity index (χ2n) is 5.93. The lowest BCUT2D eigenvalue weighted by molar-refractivity contribution is -0.156. The van der Waals surface area contributed by atoms with Crippen LogP contribution in [0.25, 0.3) is 0 Å². The molecule has 0 aromatic rings. The highest BCUT2D eigenvalue weighted by atomic mass is 16.5. The Morgan fingerprint density at radius 2 is 1.30 bits per heavy atom. The van der Waals surface area contributed by atoms with Gasteiger partial charge in [-0.1, -0.05) is 72.1 Å². The number of ether oxygens (including phenoxy) is 1. The molecule has 0 fully saturated rings. The van der Waals surface area contributed by atoms with Gasteiger partial charge in [0.25, 0.3) is 0 Å². The third-order valence-electron chi connectivity index (χ3n) is 4.57. The first-order valence-corrected chi connectivity index (χ1v) is 8.84. The van der Waals surface area contributed by atoms with Gasteiger partial charge in [-0.15, -0.1) is 0 Å². The minimum atomic E-state index is -0.224. The number of carbonyl (C=O) groups excluding carboxylic acids is 1. The fourth-order valence-electron chi connectivity index (χ4n) is 2.88. The molecule has 0 heterocycles. The normalized spacial score (nSPS) is 11.6. The molecule has 0 aliphatic rings. The number of hydrogen-bond donors (Lipinski definition) is 0. The van der Waals surface area contributed by atoms with Crippen molar-refractivity contribution in [3.05, 3.63) is 0 Å². The van der Waals surface area contributed by atoms with Gasteiger partial charge < -0.3 is 4.74 Å². The molecule has 0 spiro atoms. The van der Waals surface area contributed by atoms with Crippen molar-refractivity contribution in [2.45, 2.75) is 98.3 Å². The van der Waals surface area contributed by atoms with Crippen LogP contribution in [0.2, 0.25) is 0 Å². The molecule has 0 aromatic heterocycles. The van der Waals surface area contributed by atoms with Gasteiger partial charge in [-0.3, -0.25) is 4.79 Å². The first kappa shape index (κ1) is 19.5. The molecule has 0 rings (SSSR count). The largest absolute Gasteiger partial charge is 0.466 e. The number of hydrogen-bond acceptors (Lipinski definition) is 2. The van der Waals surface area contributed by atoms with Gasteiger partial charge in [-0.25, -0.2) is 0 Å². The summed E-state index contributed by atoms with van der Waals surface area (Å²) in [6.07, 6.45) is 13.3. The highest BCUT2D eigenvalue weighted by molar-refractivity contribution is 5.76. The molecule has 2 heteroatoms. The molecule has 0 aromatic carbocycles. The standard InChI is InChI=1S/C18H36O2/c1-5-9-10-11-12-13-14-15-16-18(6-2,7-3)17(19)20-8-4/h5-16H2,1-4H3. The molecule has 120 valence electrons. The molecule has 0 N–H and O–H groups in total. The molecule has 2 nitrogen and oxygen atoms in total. The molecule has 0 saturated heterocycles. The van der Waals surface area contributed by atoms with Gasteiger partial charge in [0.2, 0.25) is 0 Å². The molecule has 0 unspecified atom stereocenters. The molecule has 0 aliphatic carbocycles. The van der Waals surface area contributed by atoms with Crippen molar-refractivity contribution >= 4 is 5.97 Å². The lowest BCUT2D eigenvalue weighted by Crippen LogP contribution is -2.32. The van der Waals surface area contributed by atoms with Crippen LogP contribution in [0.3, 0.4) is 0 Å². The van der Waals surface area contributed by atoms with Crippen molar-refractivity contribution < 1.29 is 9.53 Å². The molecule has 20 heavy (non-hydrogen) atoms. The summed E-state index contributed by atoms with van der Waals surface area (Å²) in [6, 6.07) is 0. The summed E-state index contributed by atoms with van der Waals surface area (Å²) in [6.45, 7) is 8.88. The Morgan fingerprint density at radius 1 is 0.800 bits per heavy atom. The van der Waals surface area contributed by atoms with Crippen LogP contribution < -0.4 is 0 Å². The monoisotopic (exact) mass is 284 g/mol. The zero-order chi connectivity index (χ0) is 15.3. The summed E-state index contributed by atoms with van der Waals surface area (Å²) in [5, 5.41) is 0. The summed E-state index contributed by atoms with van der Waals surface area (Å²) in [5.74, 6) is 0.0212. The average Bonchev–Trinajstić information content (AvgIpc) is 2.46. The highest BCUT2D eigenvalue weighted by Crippen LogP contribution is 2.34. The Kier molecular flexibility index (Phi) is 11.9. The van der Waals surface area contributed by atoms with Crippen LogP contribution in [0, 0.1) is 5.41 Å². The maximum Gasteiger partial charge on any atom is 0.312 e. The molecule has 0 saturated carbocycles. The zero-order valence-corrected chi connectivity index (χ0v) is 14.3. The van der Waals surface area contributed by atoms with Crippen LogP contribution in [-0.2, 0) is 9.53 Å². The minimum absolute atomic E-state index is 0.0212. The predicted octanol–water partition coefficient (Wildman–Crippen LogP) is 5.89. The van der Waals surface area contributed by atoms with Gasteiger partial charge in [0.1, 0.15) is 0 Å². The SMILES string of the molecule is CCCCCCCCCCC(CC)(CC)C(=O)OCC. The Hall–Kier alpha value is -0.530. The van der Waals surface area contributed by atoms with Gasteiger partial charge in [0.15, 0.2) is 0 Å². The molecule has 0 atom stereocenters. The van der Waals surface area contributed by atoms with Crippen LogP contribution >= 0.6 is 0 Å². The summed E-state index contributed by atoms with van der Waals surface area (Å²) < 4.78 is 5.27. The topological polar surface area (TPSA) is 26.3 Å². The van der Waals surface area contributed by atoms with E-state index in [1.807, 2.05) is 6.92 Å². The van der Waals surface area contributed by atoms with Gasteiger partial charge in [-0.05, 0) is 26.2 Å². The van der Waals surface area contributed by atoms with E-state index in [2.05, 4.69) is 20.8 Å². The number of carbonyl (C=O) groups is 1. The summed E-state index contributed by atoms with van der Waals surface area (Å²) in [7, 11) is 0. The Balaban J connectivity index is 3.89. The van der Waals surface area contributed by atoms with E-state index in [9.17, 15) is 4.79 Å². The van der Waals surface area contributed by atoms with E-state index < -0.39 is 0 Å². The van der Waals surface area contributed by atoms with Crippen LogP contribution in [-0.4, -0.2) is 12.6 Å². The van der Waals surface area contributed by atoms with Crippen molar-refractivity contribution in [2.75, 3.05) is 6.61 Å². The van der Waals surface area contributed by atoms with E-state index in [1.54, 1.807) is 0 Å². The quantitative estimate of drug-likeness (QED) is 0.311. The fourth-order valence-corrected chi connectivity index (χ4v) is 2.88. The van der Waals surface area contributed by atoms with Gasteiger partial charge in [-0.2, -0.15) is 0 Å². The Bertz CT molecular complexity index is 232. The van der Waals surface area contributed by atoms with Gasteiger partial charge in [0.05, 0.1) is 12.0 Å². The van der Waals surface area contributed by atoms with Crippen LogP contribution in [0.1, 0.15) is 98.3 Å². The van der Waals surface area contributed by atoms with E-state index in [-0.39, 0.29) is 11.4 Å². The molecule has 0 aliphatic heterocycles. The van der Waals surface area contributed by atoms with Crippen LogP contribution in [0.15, 0.2) is 0 Å². The Labute approximate surface area is 126 Å². The van der Waals surface area contributed by atoms with Crippen LogP contribution in [0.4, 0.5) is 0 Å². The van der Waals surface area contributed by atoms with E-state index in [0.29, 0.717) is 6.61 Å². The number of esters is 1. The van der Waals surface area contributed by atoms with Gasteiger partial charge >= 0.3 is 5.97 Å². The average molecular weight is 284 g/mol. The molecule has 0 amide bonds. The van der Waals surface area contributed by atoms with E-state index in [1.165, 1.54) is 44.9 Å². The summed E-state index contributed by atoms with van der Waals surface area (Å²) >= 11 is 0.